The van der Waals surface area contributed by atoms with E-state index in [1.54, 1.807) is 37.4 Å². The third-order valence-corrected chi connectivity index (χ3v) is 6.80. The van der Waals surface area contributed by atoms with Gasteiger partial charge in [-0.25, -0.2) is 13.2 Å². The number of anilines is 1. The number of benzene rings is 3. The zero-order valence-electron chi connectivity index (χ0n) is 18.8. The van der Waals surface area contributed by atoms with E-state index >= 15 is 0 Å². The first-order chi connectivity index (χ1) is 16.3. The fraction of sp³-hybridized carbons (Fsp3) is 0.154. The summed E-state index contributed by atoms with van der Waals surface area (Å²) in [6, 6.07) is 23.6. The van der Waals surface area contributed by atoms with Crippen molar-refractivity contribution in [2.75, 3.05) is 24.5 Å². The van der Waals surface area contributed by atoms with Crippen LogP contribution in [0.5, 0.6) is 0 Å². The van der Waals surface area contributed by atoms with Crippen LogP contribution in [-0.2, 0) is 26.1 Å². The lowest BCUT2D eigenvalue weighted by molar-refractivity contribution is -0.133. The Kier molecular flexibility index (Phi) is 8.21. The third-order valence-electron chi connectivity index (χ3n) is 5.01. The van der Waals surface area contributed by atoms with Gasteiger partial charge in [0.15, 0.2) is 6.61 Å². The summed E-state index contributed by atoms with van der Waals surface area (Å²) in [4.78, 5) is 26.3. The Morgan fingerprint density at radius 1 is 0.941 bits per heavy atom. The summed E-state index contributed by atoms with van der Waals surface area (Å²) in [6.45, 7) is 3.63. The molecule has 3 aromatic rings. The van der Waals surface area contributed by atoms with Gasteiger partial charge in [-0.2, -0.15) is 0 Å². The second kappa shape index (κ2) is 11.3. The predicted octanol–water partition coefficient (Wildman–Crippen LogP) is 3.88. The number of hydrogen-bond donors (Lipinski definition) is 0. The van der Waals surface area contributed by atoms with Crippen molar-refractivity contribution in [2.45, 2.75) is 11.4 Å². The maximum absolute atomic E-state index is 13.3. The normalized spacial score (nSPS) is 10.9. The van der Waals surface area contributed by atoms with Gasteiger partial charge in [-0.1, -0.05) is 60.7 Å². The zero-order valence-corrected chi connectivity index (χ0v) is 19.6. The van der Waals surface area contributed by atoms with Gasteiger partial charge >= 0.3 is 5.97 Å². The number of sulfonamides is 1. The van der Waals surface area contributed by atoms with Crippen molar-refractivity contribution in [1.82, 2.24) is 4.90 Å². The van der Waals surface area contributed by atoms with Crippen LogP contribution in [0.2, 0.25) is 0 Å². The number of rotatable bonds is 10. The van der Waals surface area contributed by atoms with Crippen LogP contribution in [0.4, 0.5) is 5.69 Å². The molecule has 0 aromatic heterocycles. The number of nitrogens with zero attached hydrogens (tertiary/aromatic N) is 2. The summed E-state index contributed by atoms with van der Waals surface area (Å²) in [5, 5.41) is 0. The van der Waals surface area contributed by atoms with Crippen LogP contribution in [0.25, 0.3) is 0 Å². The first-order valence-corrected chi connectivity index (χ1v) is 12.0. The molecule has 3 aromatic carbocycles. The van der Waals surface area contributed by atoms with Crippen molar-refractivity contribution in [2.24, 2.45) is 0 Å². The molecule has 0 heterocycles. The van der Waals surface area contributed by atoms with Crippen molar-refractivity contribution in [3.63, 3.8) is 0 Å². The van der Waals surface area contributed by atoms with Crippen LogP contribution in [0.3, 0.4) is 0 Å². The molecule has 0 aliphatic rings. The highest BCUT2D eigenvalue weighted by Gasteiger charge is 2.25. The molecule has 34 heavy (non-hydrogen) atoms. The highest BCUT2D eigenvalue weighted by atomic mass is 32.2. The van der Waals surface area contributed by atoms with Crippen LogP contribution < -0.4 is 4.31 Å². The Morgan fingerprint density at radius 3 is 2.24 bits per heavy atom. The van der Waals surface area contributed by atoms with Crippen LogP contribution >= 0.6 is 0 Å². The maximum Gasteiger partial charge on any atom is 0.338 e. The van der Waals surface area contributed by atoms with E-state index in [1.165, 1.54) is 39.5 Å². The van der Waals surface area contributed by atoms with Gasteiger partial charge in [0.25, 0.3) is 15.9 Å². The van der Waals surface area contributed by atoms with Crippen LogP contribution in [-0.4, -0.2) is 45.4 Å². The molecule has 0 saturated carbocycles. The predicted molar refractivity (Wildman–Crippen MR) is 131 cm³/mol. The standard InChI is InChI=1S/C26H26N2O5S/c1-3-17-28(23-14-8-5-9-15-23)34(31,32)24-16-10-13-22(18-24)26(30)33-20-25(29)27(2)19-21-11-6-4-7-12-21/h3-16,18H,1,17,19-20H2,2H3. The summed E-state index contributed by atoms with van der Waals surface area (Å²) in [5.41, 5.74) is 1.46. The molecule has 0 radical (unpaired) electrons. The van der Waals surface area contributed by atoms with E-state index < -0.39 is 22.6 Å². The molecule has 0 aliphatic carbocycles. The smallest absolute Gasteiger partial charge is 0.338 e. The molecule has 0 spiro atoms. The molecule has 176 valence electrons. The minimum Gasteiger partial charge on any atom is -0.452 e. The number of likely N-dealkylation sites (N-methyl/N-ethyl adjacent to an activating group) is 1. The van der Waals surface area contributed by atoms with E-state index in [1.807, 2.05) is 30.3 Å². The van der Waals surface area contributed by atoms with Gasteiger partial charge in [0, 0.05) is 13.6 Å². The van der Waals surface area contributed by atoms with Crippen LogP contribution in [0.15, 0.2) is 102 Å². The summed E-state index contributed by atoms with van der Waals surface area (Å²) in [6.07, 6.45) is 1.49. The SMILES string of the molecule is C=CCN(c1ccccc1)S(=O)(=O)c1cccc(C(=O)OCC(=O)N(C)Cc2ccccc2)c1. The van der Waals surface area contributed by atoms with Gasteiger partial charge in [-0.3, -0.25) is 9.10 Å². The van der Waals surface area contributed by atoms with E-state index in [0.29, 0.717) is 12.2 Å². The lowest BCUT2D eigenvalue weighted by Crippen LogP contribution is -2.31. The number of ether oxygens (including phenoxy) is 1. The molecule has 1 amide bonds. The number of esters is 1. The minimum absolute atomic E-state index is 0.0335. The molecular formula is C26H26N2O5S. The second-order valence-corrected chi connectivity index (χ2v) is 9.36. The molecule has 8 heteroatoms. The fourth-order valence-electron chi connectivity index (χ4n) is 3.23. The topological polar surface area (TPSA) is 84.0 Å². The molecular weight excluding hydrogens is 452 g/mol. The van der Waals surface area contributed by atoms with Gasteiger partial charge in [0.2, 0.25) is 0 Å². The quantitative estimate of drug-likeness (QED) is 0.326. The summed E-state index contributed by atoms with van der Waals surface area (Å²) >= 11 is 0. The van der Waals surface area contributed by atoms with Crippen molar-refractivity contribution in [1.29, 1.82) is 0 Å². The Labute approximate surface area is 199 Å². The molecule has 7 nitrogen and oxygen atoms in total. The van der Waals surface area contributed by atoms with Gasteiger partial charge < -0.3 is 9.64 Å². The van der Waals surface area contributed by atoms with Crippen LogP contribution in [0, 0.1) is 0 Å². The zero-order chi connectivity index (χ0) is 24.6. The first-order valence-electron chi connectivity index (χ1n) is 10.6. The maximum atomic E-state index is 13.3. The fourth-order valence-corrected chi connectivity index (χ4v) is 4.71. The van der Waals surface area contributed by atoms with E-state index in [9.17, 15) is 18.0 Å². The van der Waals surface area contributed by atoms with E-state index in [0.717, 1.165) is 5.56 Å². The van der Waals surface area contributed by atoms with E-state index in [2.05, 4.69) is 6.58 Å². The number of para-hydroxylation sites is 1. The second-order valence-electron chi connectivity index (χ2n) is 7.50. The monoisotopic (exact) mass is 478 g/mol. The average molecular weight is 479 g/mol. The van der Waals surface area contributed by atoms with Gasteiger partial charge in [0.1, 0.15) is 0 Å². The molecule has 0 atom stereocenters. The highest BCUT2D eigenvalue weighted by Crippen LogP contribution is 2.24. The number of amides is 1. The minimum atomic E-state index is -3.97. The van der Waals surface area contributed by atoms with Gasteiger partial charge in [-0.15, -0.1) is 6.58 Å². The van der Waals surface area contributed by atoms with Crippen molar-refractivity contribution in [3.8, 4) is 0 Å². The molecule has 0 aliphatic heterocycles. The van der Waals surface area contributed by atoms with E-state index in [-0.39, 0.29) is 22.9 Å². The molecule has 3 rings (SSSR count). The molecule has 0 unspecified atom stereocenters. The van der Waals surface area contributed by atoms with Crippen molar-refractivity contribution < 1.29 is 22.7 Å². The molecule has 0 saturated heterocycles. The van der Waals surface area contributed by atoms with Gasteiger partial charge in [0.05, 0.1) is 22.7 Å². The number of carbonyl (C=O) groups is 2. The summed E-state index contributed by atoms with van der Waals surface area (Å²) in [5.74, 6) is -1.16. The lowest BCUT2D eigenvalue weighted by atomic mass is 10.2. The molecule has 0 fully saturated rings. The first kappa shape index (κ1) is 24.7. The van der Waals surface area contributed by atoms with Crippen molar-refractivity contribution in [3.05, 3.63) is 109 Å². The Balaban J connectivity index is 1.70. The highest BCUT2D eigenvalue weighted by molar-refractivity contribution is 7.92. The summed E-state index contributed by atoms with van der Waals surface area (Å²) in [7, 11) is -2.35. The Hall–Kier alpha value is -3.91. The largest absolute Gasteiger partial charge is 0.452 e. The average Bonchev–Trinajstić information content (AvgIpc) is 2.86. The Morgan fingerprint density at radius 2 is 1.59 bits per heavy atom. The summed E-state index contributed by atoms with van der Waals surface area (Å²) < 4.78 is 32.9. The van der Waals surface area contributed by atoms with Crippen LogP contribution in [0.1, 0.15) is 15.9 Å². The third kappa shape index (κ3) is 6.11. The lowest BCUT2D eigenvalue weighted by Gasteiger charge is -2.23. The van der Waals surface area contributed by atoms with Crippen molar-refractivity contribution >= 4 is 27.6 Å². The molecule has 0 bridgehead atoms. The molecule has 0 N–H and O–H groups in total. The Bertz CT molecular complexity index is 1240. The van der Waals surface area contributed by atoms with Gasteiger partial charge in [-0.05, 0) is 35.9 Å². The number of carbonyl (C=O) groups excluding carboxylic acids is 2. The van der Waals surface area contributed by atoms with E-state index in [4.69, 9.17) is 4.74 Å². The number of hydrogen-bond acceptors (Lipinski definition) is 5.